The van der Waals surface area contributed by atoms with Gasteiger partial charge in [0.1, 0.15) is 17.8 Å². The van der Waals surface area contributed by atoms with E-state index < -0.39 is 6.10 Å². The molecule has 3 aromatic rings. The number of tetrazole rings is 1. The first-order valence-electron chi connectivity index (χ1n) is 8.06. The fraction of sp³-hybridized carbons (Fsp3) is 0.222. The van der Waals surface area contributed by atoms with Gasteiger partial charge in [0.15, 0.2) is 6.10 Å². The maximum Gasteiger partial charge on any atom is 0.261 e. The molecule has 0 bridgehead atoms. The highest BCUT2D eigenvalue weighted by Crippen LogP contribution is 2.16. The number of hydrogen-bond donors (Lipinski definition) is 1. The first-order valence-corrected chi connectivity index (χ1v) is 8.06. The number of ether oxygens (including phenoxy) is 2. The zero-order valence-corrected chi connectivity index (χ0v) is 14.5. The Balaban J connectivity index is 1.51. The first-order chi connectivity index (χ1) is 12.7. The van der Waals surface area contributed by atoms with Crippen LogP contribution >= 0.6 is 0 Å². The maximum absolute atomic E-state index is 12.2. The second-order valence-electron chi connectivity index (χ2n) is 5.57. The summed E-state index contributed by atoms with van der Waals surface area (Å²) in [5.41, 5.74) is 1.79. The van der Waals surface area contributed by atoms with E-state index in [-0.39, 0.29) is 5.91 Å². The molecule has 3 rings (SSSR count). The van der Waals surface area contributed by atoms with E-state index in [4.69, 9.17) is 9.47 Å². The van der Waals surface area contributed by atoms with Crippen molar-refractivity contribution in [2.75, 3.05) is 7.11 Å². The second-order valence-corrected chi connectivity index (χ2v) is 5.57. The molecule has 1 N–H and O–H groups in total. The Kier molecular flexibility index (Phi) is 5.43. The fourth-order valence-corrected chi connectivity index (χ4v) is 2.29. The fourth-order valence-electron chi connectivity index (χ4n) is 2.29. The molecule has 134 valence electrons. The van der Waals surface area contributed by atoms with Crippen LogP contribution in [0.3, 0.4) is 0 Å². The summed E-state index contributed by atoms with van der Waals surface area (Å²) >= 11 is 0. The lowest BCUT2D eigenvalue weighted by Crippen LogP contribution is -2.35. The predicted molar refractivity (Wildman–Crippen MR) is 94.1 cm³/mol. The van der Waals surface area contributed by atoms with Crippen LogP contribution < -0.4 is 14.8 Å². The number of benzene rings is 2. The summed E-state index contributed by atoms with van der Waals surface area (Å²) in [5.74, 6) is 1.18. The molecular formula is C18H19N5O3. The highest BCUT2D eigenvalue weighted by Gasteiger charge is 2.14. The molecule has 0 aliphatic heterocycles. The summed E-state index contributed by atoms with van der Waals surface area (Å²) in [6.45, 7) is 2.13. The van der Waals surface area contributed by atoms with Crippen LogP contribution in [0.1, 0.15) is 12.5 Å². The molecular weight excluding hydrogens is 334 g/mol. The van der Waals surface area contributed by atoms with Gasteiger partial charge in [-0.15, -0.1) is 5.10 Å². The van der Waals surface area contributed by atoms with Gasteiger partial charge in [-0.3, -0.25) is 4.79 Å². The topological polar surface area (TPSA) is 91.2 Å². The molecule has 0 spiro atoms. The Hall–Kier alpha value is -3.42. The van der Waals surface area contributed by atoms with E-state index in [9.17, 15) is 4.79 Å². The lowest BCUT2D eigenvalue weighted by Gasteiger charge is -2.15. The number of nitrogens with one attached hydrogen (secondary N) is 1. The van der Waals surface area contributed by atoms with Crippen molar-refractivity contribution in [2.45, 2.75) is 19.6 Å². The molecule has 0 saturated carbocycles. The summed E-state index contributed by atoms with van der Waals surface area (Å²) < 4.78 is 12.3. The summed E-state index contributed by atoms with van der Waals surface area (Å²) in [5, 5.41) is 13.8. The minimum absolute atomic E-state index is 0.189. The monoisotopic (exact) mass is 353 g/mol. The zero-order chi connectivity index (χ0) is 18.4. The van der Waals surface area contributed by atoms with Gasteiger partial charge in [0.05, 0.1) is 12.8 Å². The molecule has 8 heteroatoms. The number of methoxy groups -OCH3 is 1. The summed E-state index contributed by atoms with van der Waals surface area (Å²) in [6.07, 6.45) is 0.887. The van der Waals surface area contributed by atoms with Crippen molar-refractivity contribution < 1.29 is 14.3 Å². The van der Waals surface area contributed by atoms with E-state index in [1.54, 1.807) is 26.2 Å². The van der Waals surface area contributed by atoms with Crippen LogP contribution in [0.15, 0.2) is 54.9 Å². The van der Waals surface area contributed by atoms with Gasteiger partial charge in [0.25, 0.3) is 5.91 Å². The first kappa shape index (κ1) is 17.4. The largest absolute Gasteiger partial charge is 0.497 e. The lowest BCUT2D eigenvalue weighted by molar-refractivity contribution is -0.127. The smallest absolute Gasteiger partial charge is 0.261 e. The quantitative estimate of drug-likeness (QED) is 0.696. The SMILES string of the molecule is COc1ccc(CNC(=O)[C@H](C)Oc2ccc(-n3cnnn3)cc2)cc1. The summed E-state index contributed by atoms with van der Waals surface area (Å²) in [6, 6.07) is 14.7. The van der Waals surface area contributed by atoms with E-state index in [0.717, 1.165) is 17.0 Å². The number of carbonyl (C=O) groups excluding carboxylic acids is 1. The minimum Gasteiger partial charge on any atom is -0.497 e. The third-order valence-electron chi connectivity index (χ3n) is 3.76. The van der Waals surface area contributed by atoms with Gasteiger partial charge in [-0.1, -0.05) is 12.1 Å². The minimum atomic E-state index is -0.618. The van der Waals surface area contributed by atoms with Crippen molar-refractivity contribution in [3.63, 3.8) is 0 Å². The van der Waals surface area contributed by atoms with Gasteiger partial charge in [-0.05, 0) is 59.3 Å². The van der Waals surface area contributed by atoms with Crippen molar-refractivity contribution in [2.24, 2.45) is 0 Å². The van der Waals surface area contributed by atoms with E-state index in [2.05, 4.69) is 20.8 Å². The Morgan fingerprint density at radius 1 is 1.12 bits per heavy atom. The third-order valence-corrected chi connectivity index (χ3v) is 3.76. The van der Waals surface area contributed by atoms with E-state index in [0.29, 0.717) is 12.3 Å². The number of nitrogens with zero attached hydrogens (tertiary/aromatic N) is 4. The molecule has 2 aromatic carbocycles. The molecule has 1 atom stereocenters. The van der Waals surface area contributed by atoms with Crippen molar-refractivity contribution in [1.29, 1.82) is 0 Å². The van der Waals surface area contributed by atoms with Crippen LogP contribution in [-0.2, 0) is 11.3 Å². The van der Waals surface area contributed by atoms with Gasteiger partial charge < -0.3 is 14.8 Å². The normalized spacial score (nSPS) is 11.6. The molecule has 8 nitrogen and oxygen atoms in total. The maximum atomic E-state index is 12.2. The summed E-state index contributed by atoms with van der Waals surface area (Å²) in [4.78, 5) is 12.2. The Bertz CT molecular complexity index is 832. The molecule has 0 aliphatic carbocycles. The van der Waals surface area contributed by atoms with Crippen LogP contribution in [0.4, 0.5) is 0 Å². The van der Waals surface area contributed by atoms with Crippen LogP contribution in [0.25, 0.3) is 5.69 Å². The van der Waals surface area contributed by atoms with Gasteiger partial charge in [-0.2, -0.15) is 0 Å². The molecule has 0 unspecified atom stereocenters. The van der Waals surface area contributed by atoms with Crippen LogP contribution in [-0.4, -0.2) is 39.3 Å². The van der Waals surface area contributed by atoms with Crippen LogP contribution in [0, 0.1) is 0 Å². The number of aromatic nitrogens is 4. The molecule has 1 amide bonds. The van der Waals surface area contributed by atoms with Gasteiger partial charge in [-0.25, -0.2) is 4.68 Å². The summed E-state index contributed by atoms with van der Waals surface area (Å²) in [7, 11) is 1.62. The van der Waals surface area contributed by atoms with Crippen LogP contribution in [0.2, 0.25) is 0 Å². The van der Waals surface area contributed by atoms with E-state index >= 15 is 0 Å². The Labute approximate surface area is 150 Å². The third kappa shape index (κ3) is 4.35. The second kappa shape index (κ2) is 8.11. The average molecular weight is 353 g/mol. The van der Waals surface area contributed by atoms with E-state index in [1.807, 2.05) is 36.4 Å². The van der Waals surface area contributed by atoms with Gasteiger partial charge in [0.2, 0.25) is 0 Å². The average Bonchev–Trinajstić information content (AvgIpc) is 3.22. The highest BCUT2D eigenvalue weighted by molar-refractivity contribution is 5.80. The van der Waals surface area contributed by atoms with Gasteiger partial charge >= 0.3 is 0 Å². The lowest BCUT2D eigenvalue weighted by atomic mass is 10.2. The molecule has 0 saturated heterocycles. The molecule has 0 aliphatic rings. The highest BCUT2D eigenvalue weighted by atomic mass is 16.5. The molecule has 0 radical (unpaired) electrons. The van der Waals surface area contributed by atoms with Crippen molar-refractivity contribution >= 4 is 5.91 Å². The molecule has 1 heterocycles. The van der Waals surface area contributed by atoms with Crippen LogP contribution in [0.5, 0.6) is 11.5 Å². The predicted octanol–water partition coefficient (Wildman–Crippen LogP) is 1.75. The number of hydrogen-bond acceptors (Lipinski definition) is 6. The van der Waals surface area contributed by atoms with Crippen molar-refractivity contribution in [3.8, 4) is 17.2 Å². The number of rotatable bonds is 7. The Morgan fingerprint density at radius 2 is 1.81 bits per heavy atom. The van der Waals surface area contributed by atoms with Crippen molar-refractivity contribution in [3.05, 3.63) is 60.4 Å². The van der Waals surface area contributed by atoms with Gasteiger partial charge in [0, 0.05) is 6.54 Å². The standard InChI is InChI=1S/C18H19N5O3/c1-13(18(24)19-11-14-3-7-16(25-2)8-4-14)26-17-9-5-15(6-10-17)23-12-20-21-22-23/h3-10,12-13H,11H2,1-2H3,(H,19,24)/t13-/m0/s1. The zero-order valence-electron chi connectivity index (χ0n) is 14.5. The van der Waals surface area contributed by atoms with Crippen molar-refractivity contribution in [1.82, 2.24) is 25.5 Å². The number of carbonyl (C=O) groups is 1. The number of amides is 1. The molecule has 1 aromatic heterocycles. The molecule has 0 fully saturated rings. The Morgan fingerprint density at radius 3 is 2.42 bits per heavy atom. The van der Waals surface area contributed by atoms with E-state index in [1.165, 1.54) is 11.0 Å². The molecule has 26 heavy (non-hydrogen) atoms.